The van der Waals surface area contributed by atoms with Crippen molar-refractivity contribution in [3.05, 3.63) is 53.1 Å². The van der Waals surface area contributed by atoms with Crippen molar-refractivity contribution in [3.8, 4) is 11.5 Å². The van der Waals surface area contributed by atoms with Crippen molar-refractivity contribution in [3.63, 3.8) is 0 Å². The Bertz CT molecular complexity index is 799. The van der Waals surface area contributed by atoms with Gasteiger partial charge in [0.2, 0.25) is 0 Å². The number of carbonyl (C=O) groups is 1. The number of sulfone groups is 1. The largest absolute Gasteiger partial charge is 0.478 e. The van der Waals surface area contributed by atoms with Gasteiger partial charge in [0.1, 0.15) is 17.1 Å². The molecule has 0 aliphatic carbocycles. The fraction of sp³-hybridized carbons (Fsp3) is 0.0714. The highest BCUT2D eigenvalue weighted by atomic mass is 35.5. The fourth-order valence-electron chi connectivity index (χ4n) is 1.65. The second-order valence-corrected chi connectivity index (χ2v) is 6.75. The lowest BCUT2D eigenvalue weighted by Gasteiger charge is -2.10. The van der Waals surface area contributed by atoms with Crippen LogP contribution in [0.5, 0.6) is 11.5 Å². The van der Waals surface area contributed by atoms with Crippen molar-refractivity contribution in [2.75, 3.05) is 6.26 Å². The van der Waals surface area contributed by atoms with Gasteiger partial charge in [-0.05, 0) is 30.3 Å². The Balaban J connectivity index is 2.43. The SMILES string of the molecule is CS(=O)(=O)c1cccc(Oc2cc(Cl)ccc2C(=O)O)c1. The van der Waals surface area contributed by atoms with Crippen molar-refractivity contribution >= 4 is 27.4 Å². The summed E-state index contributed by atoms with van der Waals surface area (Å²) in [4.78, 5) is 11.2. The third-order valence-electron chi connectivity index (χ3n) is 2.64. The number of hydrogen-bond acceptors (Lipinski definition) is 4. The van der Waals surface area contributed by atoms with E-state index >= 15 is 0 Å². The van der Waals surface area contributed by atoms with Gasteiger partial charge in [-0.1, -0.05) is 17.7 Å². The van der Waals surface area contributed by atoms with Gasteiger partial charge in [-0.15, -0.1) is 0 Å². The summed E-state index contributed by atoms with van der Waals surface area (Å²) >= 11 is 5.82. The molecule has 5 nitrogen and oxygen atoms in total. The number of rotatable bonds is 4. The van der Waals surface area contributed by atoms with E-state index in [-0.39, 0.29) is 22.0 Å². The molecule has 2 rings (SSSR count). The number of benzene rings is 2. The molecule has 21 heavy (non-hydrogen) atoms. The Labute approximate surface area is 126 Å². The van der Waals surface area contributed by atoms with Crippen molar-refractivity contribution in [1.29, 1.82) is 0 Å². The highest BCUT2D eigenvalue weighted by Crippen LogP contribution is 2.29. The number of hydrogen-bond donors (Lipinski definition) is 1. The molecule has 1 N–H and O–H groups in total. The van der Waals surface area contributed by atoms with Crippen LogP contribution in [-0.4, -0.2) is 25.7 Å². The molecule has 0 amide bonds. The minimum absolute atomic E-state index is 0.0423. The van der Waals surface area contributed by atoms with Gasteiger partial charge in [0.05, 0.1) is 4.90 Å². The lowest BCUT2D eigenvalue weighted by molar-refractivity contribution is 0.0694. The lowest BCUT2D eigenvalue weighted by Crippen LogP contribution is -2.01. The number of halogens is 1. The molecule has 0 atom stereocenters. The summed E-state index contributed by atoms with van der Waals surface area (Å²) in [5.41, 5.74) is -0.0656. The van der Waals surface area contributed by atoms with Gasteiger partial charge in [0, 0.05) is 17.3 Å². The molecule has 0 saturated carbocycles. The van der Waals surface area contributed by atoms with Gasteiger partial charge in [-0.25, -0.2) is 13.2 Å². The van der Waals surface area contributed by atoms with Crippen LogP contribution in [0.3, 0.4) is 0 Å². The topological polar surface area (TPSA) is 80.7 Å². The molecule has 2 aromatic rings. The first kappa shape index (κ1) is 15.3. The zero-order chi connectivity index (χ0) is 15.6. The van der Waals surface area contributed by atoms with Crippen LogP contribution in [0.2, 0.25) is 5.02 Å². The van der Waals surface area contributed by atoms with Crippen LogP contribution in [0, 0.1) is 0 Å². The van der Waals surface area contributed by atoms with Gasteiger partial charge in [0.25, 0.3) is 0 Å². The molecule has 0 bridgehead atoms. The maximum atomic E-state index is 11.5. The molecule has 7 heteroatoms. The molecule has 0 aromatic heterocycles. The molecule has 2 aromatic carbocycles. The zero-order valence-corrected chi connectivity index (χ0v) is 12.5. The first-order valence-electron chi connectivity index (χ1n) is 5.78. The quantitative estimate of drug-likeness (QED) is 0.932. The average molecular weight is 327 g/mol. The Morgan fingerprint density at radius 1 is 1.19 bits per heavy atom. The van der Waals surface area contributed by atoms with Gasteiger partial charge in [0.15, 0.2) is 9.84 Å². The Morgan fingerprint density at radius 3 is 2.52 bits per heavy atom. The van der Waals surface area contributed by atoms with Gasteiger partial charge >= 0.3 is 5.97 Å². The first-order chi connectivity index (χ1) is 9.77. The summed E-state index contributed by atoms with van der Waals surface area (Å²) in [6, 6.07) is 9.90. The van der Waals surface area contributed by atoms with E-state index in [4.69, 9.17) is 21.4 Å². The molecular weight excluding hydrogens is 316 g/mol. The third-order valence-corrected chi connectivity index (χ3v) is 3.98. The van der Waals surface area contributed by atoms with Crippen LogP contribution in [0.25, 0.3) is 0 Å². The van der Waals surface area contributed by atoms with E-state index in [2.05, 4.69) is 0 Å². The second-order valence-electron chi connectivity index (χ2n) is 4.29. The molecule has 0 spiro atoms. The monoisotopic (exact) mass is 326 g/mol. The highest BCUT2D eigenvalue weighted by Gasteiger charge is 2.14. The maximum Gasteiger partial charge on any atom is 0.339 e. The average Bonchev–Trinajstić information content (AvgIpc) is 2.37. The Morgan fingerprint density at radius 2 is 1.90 bits per heavy atom. The normalized spacial score (nSPS) is 11.1. The number of ether oxygens (including phenoxy) is 1. The van der Waals surface area contributed by atoms with Crippen molar-refractivity contribution in [2.24, 2.45) is 0 Å². The second kappa shape index (κ2) is 5.75. The molecule has 0 heterocycles. The summed E-state index contributed by atoms with van der Waals surface area (Å²) in [6.07, 6.45) is 1.08. The van der Waals surface area contributed by atoms with E-state index in [9.17, 15) is 13.2 Å². The maximum absolute atomic E-state index is 11.5. The van der Waals surface area contributed by atoms with Crippen LogP contribution >= 0.6 is 11.6 Å². The Hall–Kier alpha value is -2.05. The molecule has 0 aliphatic heterocycles. The summed E-state index contributed by atoms with van der Waals surface area (Å²) < 4.78 is 28.4. The lowest BCUT2D eigenvalue weighted by atomic mass is 10.2. The van der Waals surface area contributed by atoms with Gasteiger partial charge in [-0.2, -0.15) is 0 Å². The van der Waals surface area contributed by atoms with E-state index in [0.29, 0.717) is 5.02 Å². The number of carboxylic acids is 1. The predicted octanol–water partition coefficient (Wildman–Crippen LogP) is 3.23. The fourth-order valence-corrected chi connectivity index (χ4v) is 2.47. The van der Waals surface area contributed by atoms with Crippen molar-refractivity contribution in [2.45, 2.75) is 4.90 Å². The van der Waals surface area contributed by atoms with E-state index < -0.39 is 15.8 Å². The van der Waals surface area contributed by atoms with Crippen LogP contribution < -0.4 is 4.74 Å². The smallest absolute Gasteiger partial charge is 0.339 e. The minimum atomic E-state index is -3.37. The van der Waals surface area contributed by atoms with Crippen LogP contribution in [0.15, 0.2) is 47.4 Å². The molecule has 0 saturated heterocycles. The van der Waals surface area contributed by atoms with E-state index in [1.54, 1.807) is 0 Å². The first-order valence-corrected chi connectivity index (χ1v) is 8.05. The van der Waals surface area contributed by atoms with E-state index in [1.807, 2.05) is 0 Å². The van der Waals surface area contributed by atoms with Gasteiger partial charge < -0.3 is 9.84 Å². The molecule has 0 radical (unpaired) electrons. The third kappa shape index (κ3) is 3.74. The standard InChI is InChI=1S/C14H11ClO5S/c1-21(18,19)11-4-2-3-10(8-11)20-13-7-9(15)5-6-12(13)14(16)17/h2-8H,1H3,(H,16,17). The number of aromatic carboxylic acids is 1. The minimum Gasteiger partial charge on any atom is -0.478 e. The summed E-state index contributed by atoms with van der Waals surface area (Å²) in [7, 11) is -3.37. The molecule has 0 fully saturated rings. The summed E-state index contributed by atoms with van der Waals surface area (Å²) in [5, 5.41) is 9.41. The van der Waals surface area contributed by atoms with E-state index in [1.165, 1.54) is 42.5 Å². The Kier molecular flexibility index (Phi) is 4.20. The van der Waals surface area contributed by atoms with Crippen LogP contribution in [-0.2, 0) is 9.84 Å². The van der Waals surface area contributed by atoms with Crippen LogP contribution in [0.4, 0.5) is 0 Å². The van der Waals surface area contributed by atoms with Crippen molar-refractivity contribution in [1.82, 2.24) is 0 Å². The van der Waals surface area contributed by atoms with Gasteiger partial charge in [-0.3, -0.25) is 0 Å². The van der Waals surface area contributed by atoms with Crippen LogP contribution in [0.1, 0.15) is 10.4 Å². The molecule has 0 aliphatic rings. The predicted molar refractivity (Wildman–Crippen MR) is 78.0 cm³/mol. The van der Waals surface area contributed by atoms with E-state index in [0.717, 1.165) is 6.26 Å². The molecule has 0 unspecified atom stereocenters. The molecule has 110 valence electrons. The summed E-state index contributed by atoms with van der Waals surface area (Å²) in [6.45, 7) is 0. The summed E-state index contributed by atoms with van der Waals surface area (Å²) in [5.74, 6) is -0.913. The molecular formula is C14H11ClO5S. The number of carboxylic acid groups (broad SMARTS) is 1. The zero-order valence-electron chi connectivity index (χ0n) is 10.9. The van der Waals surface area contributed by atoms with Crippen molar-refractivity contribution < 1.29 is 23.1 Å². The highest BCUT2D eigenvalue weighted by molar-refractivity contribution is 7.90.